The van der Waals surface area contributed by atoms with Crippen LogP contribution >= 0.6 is 23.4 Å². The predicted octanol–water partition coefficient (Wildman–Crippen LogP) is 4.76. The summed E-state index contributed by atoms with van der Waals surface area (Å²) >= 11 is 7.32. The molecular weight excluding hydrogens is 396 g/mol. The van der Waals surface area contributed by atoms with E-state index in [1.807, 2.05) is 32.9 Å². The van der Waals surface area contributed by atoms with Crippen LogP contribution in [0.3, 0.4) is 0 Å². The van der Waals surface area contributed by atoms with E-state index in [9.17, 15) is 9.59 Å². The molecule has 0 N–H and O–H groups in total. The van der Waals surface area contributed by atoms with Crippen LogP contribution in [0.5, 0.6) is 5.75 Å². The third-order valence-electron chi connectivity index (χ3n) is 4.30. The highest BCUT2D eigenvalue weighted by atomic mass is 35.5. The van der Waals surface area contributed by atoms with E-state index in [4.69, 9.17) is 16.3 Å². The predicted molar refractivity (Wildman–Crippen MR) is 114 cm³/mol. The Morgan fingerprint density at radius 3 is 2.61 bits per heavy atom. The van der Waals surface area contributed by atoms with Gasteiger partial charge in [0, 0.05) is 10.4 Å². The lowest BCUT2D eigenvalue weighted by Gasteiger charge is -2.18. The number of rotatable bonds is 5. The maximum atomic E-state index is 13.3. The smallest absolute Gasteiger partial charge is 0.266 e. The van der Waals surface area contributed by atoms with Gasteiger partial charge in [0.15, 0.2) is 5.16 Å². The number of hydrogen-bond acceptors (Lipinski definition) is 5. The minimum atomic E-state index is -0.470. The molecule has 0 radical (unpaired) electrons. The summed E-state index contributed by atoms with van der Waals surface area (Å²) in [5.74, 6) is 0.824. The molecule has 28 heavy (non-hydrogen) atoms. The summed E-state index contributed by atoms with van der Waals surface area (Å²) < 4.78 is 6.93. The average Bonchev–Trinajstić information content (AvgIpc) is 2.65. The van der Waals surface area contributed by atoms with E-state index < -0.39 is 5.41 Å². The fourth-order valence-corrected chi connectivity index (χ4v) is 3.94. The van der Waals surface area contributed by atoms with Gasteiger partial charge in [-0.25, -0.2) is 4.98 Å². The molecule has 0 atom stereocenters. The van der Waals surface area contributed by atoms with Gasteiger partial charge >= 0.3 is 0 Å². The number of ether oxygens (including phenoxy) is 1. The van der Waals surface area contributed by atoms with Crippen LogP contribution in [0.15, 0.2) is 52.4 Å². The summed E-state index contributed by atoms with van der Waals surface area (Å²) in [5, 5.41) is 1.36. The highest BCUT2D eigenvalue weighted by Gasteiger charge is 2.23. The molecule has 3 aromatic rings. The number of methoxy groups -OCH3 is 1. The molecule has 146 valence electrons. The van der Waals surface area contributed by atoms with E-state index in [1.165, 1.54) is 16.3 Å². The van der Waals surface area contributed by atoms with E-state index in [2.05, 4.69) is 4.98 Å². The zero-order valence-electron chi connectivity index (χ0n) is 16.2. The van der Waals surface area contributed by atoms with Crippen molar-refractivity contribution in [2.24, 2.45) is 5.41 Å². The van der Waals surface area contributed by atoms with Crippen molar-refractivity contribution in [3.63, 3.8) is 0 Å². The minimum Gasteiger partial charge on any atom is -0.495 e. The Bertz CT molecular complexity index is 1100. The Hall–Kier alpha value is -2.31. The monoisotopic (exact) mass is 416 g/mol. The quantitative estimate of drug-likeness (QED) is 0.443. The lowest BCUT2D eigenvalue weighted by atomic mass is 9.92. The van der Waals surface area contributed by atoms with Gasteiger partial charge in [0.1, 0.15) is 11.5 Å². The summed E-state index contributed by atoms with van der Waals surface area (Å²) in [6.45, 7) is 5.62. The first kappa shape index (κ1) is 20.4. The van der Waals surface area contributed by atoms with Crippen LogP contribution in [0.2, 0.25) is 5.02 Å². The summed E-state index contributed by atoms with van der Waals surface area (Å²) in [5.41, 5.74) is 0.360. The first-order valence-corrected chi connectivity index (χ1v) is 10.1. The Morgan fingerprint density at radius 2 is 1.93 bits per heavy atom. The molecule has 0 saturated carbocycles. The van der Waals surface area contributed by atoms with Crippen LogP contribution in [-0.4, -0.2) is 28.2 Å². The number of Topliss-reactive ketones (excluding diaryl/α,β-unsaturated/α-hetero) is 1. The maximum Gasteiger partial charge on any atom is 0.266 e. The summed E-state index contributed by atoms with van der Waals surface area (Å²) in [7, 11) is 1.55. The molecule has 0 aliphatic rings. The van der Waals surface area contributed by atoms with Crippen LogP contribution in [0.1, 0.15) is 20.8 Å². The Kier molecular flexibility index (Phi) is 5.82. The molecule has 5 nitrogen and oxygen atoms in total. The fraction of sp³-hybridized carbons (Fsp3) is 0.286. The average molecular weight is 417 g/mol. The second-order valence-corrected chi connectivity index (χ2v) is 8.71. The van der Waals surface area contributed by atoms with Crippen LogP contribution in [0, 0.1) is 5.41 Å². The molecule has 0 fully saturated rings. The number of ketones is 1. The highest BCUT2D eigenvalue weighted by Crippen LogP contribution is 2.29. The van der Waals surface area contributed by atoms with Crippen molar-refractivity contribution in [2.75, 3.05) is 12.9 Å². The van der Waals surface area contributed by atoms with Crippen molar-refractivity contribution < 1.29 is 9.53 Å². The van der Waals surface area contributed by atoms with Gasteiger partial charge in [-0.05, 0) is 30.3 Å². The van der Waals surface area contributed by atoms with E-state index >= 15 is 0 Å². The van der Waals surface area contributed by atoms with Gasteiger partial charge in [-0.15, -0.1) is 0 Å². The summed E-state index contributed by atoms with van der Waals surface area (Å²) in [6.07, 6.45) is 0. The van der Waals surface area contributed by atoms with Crippen molar-refractivity contribution in [1.82, 2.24) is 9.55 Å². The number of carbonyl (C=O) groups is 1. The highest BCUT2D eigenvalue weighted by molar-refractivity contribution is 7.99. The normalized spacial score (nSPS) is 11.6. The number of para-hydroxylation sites is 2. The largest absolute Gasteiger partial charge is 0.495 e. The second kappa shape index (κ2) is 7.97. The minimum absolute atomic E-state index is 0.0736. The first-order valence-electron chi connectivity index (χ1n) is 8.74. The lowest BCUT2D eigenvalue weighted by molar-refractivity contribution is -0.123. The number of halogens is 1. The Labute approximate surface area is 172 Å². The molecule has 0 aliphatic carbocycles. The number of thioether (sulfide) groups is 1. The SMILES string of the molecule is COc1ccccc1-n1c(SCC(=O)C(C)(C)C)nc2cc(Cl)ccc2c1=O. The standard InChI is InChI=1S/C21H21ClN2O3S/c1-21(2,3)18(25)12-28-20-23-15-11-13(22)9-10-14(15)19(26)24(20)16-7-5-6-8-17(16)27-4/h5-11H,12H2,1-4H3. The molecule has 1 heterocycles. The number of nitrogens with zero attached hydrogens (tertiary/aromatic N) is 2. The molecule has 0 spiro atoms. The second-order valence-electron chi connectivity index (χ2n) is 7.33. The van der Waals surface area contributed by atoms with Crippen LogP contribution in [0.4, 0.5) is 0 Å². The van der Waals surface area contributed by atoms with Crippen molar-refractivity contribution >= 4 is 40.0 Å². The van der Waals surface area contributed by atoms with Gasteiger partial charge in [-0.2, -0.15) is 0 Å². The maximum absolute atomic E-state index is 13.3. The van der Waals surface area contributed by atoms with Gasteiger partial charge in [0.25, 0.3) is 5.56 Å². The third kappa shape index (κ3) is 4.08. The van der Waals surface area contributed by atoms with Gasteiger partial charge < -0.3 is 4.74 Å². The zero-order valence-corrected chi connectivity index (χ0v) is 17.7. The third-order valence-corrected chi connectivity index (χ3v) is 5.47. The topological polar surface area (TPSA) is 61.2 Å². The lowest BCUT2D eigenvalue weighted by Crippen LogP contribution is -2.25. The number of fused-ring (bicyclic) bond motifs is 1. The van der Waals surface area contributed by atoms with Crippen molar-refractivity contribution in [3.8, 4) is 11.4 Å². The van der Waals surface area contributed by atoms with Crippen LogP contribution in [0.25, 0.3) is 16.6 Å². The molecule has 0 bridgehead atoms. The molecule has 0 amide bonds. The van der Waals surface area contributed by atoms with E-state index in [-0.39, 0.29) is 17.1 Å². The number of carbonyl (C=O) groups excluding carboxylic acids is 1. The van der Waals surface area contributed by atoms with E-state index in [1.54, 1.807) is 37.4 Å². The summed E-state index contributed by atoms with van der Waals surface area (Å²) in [6, 6.07) is 12.2. The van der Waals surface area contributed by atoms with Gasteiger partial charge in [-0.1, -0.05) is 56.3 Å². The molecule has 0 saturated heterocycles. The molecular formula is C21H21ClN2O3S. The zero-order chi connectivity index (χ0) is 20.5. The van der Waals surface area contributed by atoms with E-state index in [0.717, 1.165) is 0 Å². The number of benzene rings is 2. The Morgan fingerprint density at radius 1 is 1.21 bits per heavy atom. The fourth-order valence-electron chi connectivity index (χ4n) is 2.61. The van der Waals surface area contributed by atoms with Crippen LogP contribution in [-0.2, 0) is 4.79 Å². The Balaban J connectivity index is 2.22. The number of hydrogen-bond donors (Lipinski definition) is 0. The van der Waals surface area contributed by atoms with Crippen LogP contribution < -0.4 is 10.3 Å². The van der Waals surface area contributed by atoms with Gasteiger partial charge in [0.05, 0.1) is 29.5 Å². The van der Waals surface area contributed by atoms with Crippen molar-refractivity contribution in [1.29, 1.82) is 0 Å². The first-order chi connectivity index (χ1) is 13.2. The molecule has 3 rings (SSSR count). The number of aromatic nitrogens is 2. The van der Waals surface area contributed by atoms with E-state index in [0.29, 0.717) is 32.5 Å². The molecule has 0 aliphatic heterocycles. The molecule has 2 aromatic carbocycles. The molecule has 0 unspecified atom stereocenters. The summed E-state index contributed by atoms with van der Waals surface area (Å²) in [4.78, 5) is 30.4. The van der Waals surface area contributed by atoms with Gasteiger partial charge in [-0.3, -0.25) is 14.2 Å². The van der Waals surface area contributed by atoms with Gasteiger partial charge in [0.2, 0.25) is 0 Å². The van der Waals surface area contributed by atoms with Crippen molar-refractivity contribution in [2.45, 2.75) is 25.9 Å². The molecule has 7 heteroatoms. The van der Waals surface area contributed by atoms with Crippen molar-refractivity contribution in [3.05, 3.63) is 57.8 Å². The molecule has 1 aromatic heterocycles.